The molecule has 4 nitrogen and oxygen atoms in total. The van der Waals surface area contributed by atoms with Crippen LogP contribution in [-0.4, -0.2) is 17.3 Å². The second-order valence-corrected chi connectivity index (χ2v) is 4.12. The molecule has 2 N–H and O–H groups in total. The van der Waals surface area contributed by atoms with E-state index in [4.69, 9.17) is 4.74 Å². The molecule has 0 unspecified atom stereocenters. The average molecular weight is 249 g/mol. The number of halogens is 1. The molecule has 0 bridgehead atoms. The summed E-state index contributed by atoms with van der Waals surface area (Å²) in [6.07, 6.45) is 0. The minimum atomic E-state index is -0.362. The fourth-order valence-electron chi connectivity index (χ4n) is 1.79. The Morgan fingerprint density at radius 1 is 1.39 bits per heavy atom. The van der Waals surface area contributed by atoms with Crippen molar-refractivity contribution >= 4 is 5.69 Å². The number of rotatable bonds is 4. The van der Waals surface area contributed by atoms with Crippen molar-refractivity contribution in [2.24, 2.45) is 0 Å². The number of aromatic nitrogens is 2. The van der Waals surface area contributed by atoms with Crippen LogP contribution in [0.1, 0.15) is 17.0 Å². The lowest BCUT2D eigenvalue weighted by molar-refractivity contribution is 0.387. The third kappa shape index (κ3) is 2.45. The first-order valence-electron chi connectivity index (χ1n) is 5.69. The van der Waals surface area contributed by atoms with Crippen LogP contribution in [0.25, 0.3) is 0 Å². The molecule has 1 aromatic heterocycles. The van der Waals surface area contributed by atoms with Gasteiger partial charge in [-0.05, 0) is 26.0 Å². The van der Waals surface area contributed by atoms with E-state index in [0.29, 0.717) is 6.54 Å². The first kappa shape index (κ1) is 12.4. The van der Waals surface area contributed by atoms with Crippen LogP contribution in [0.3, 0.4) is 0 Å². The summed E-state index contributed by atoms with van der Waals surface area (Å²) in [5.74, 6) is -0.126. The van der Waals surface area contributed by atoms with E-state index in [2.05, 4.69) is 15.5 Å². The molecule has 0 amide bonds. The lowest BCUT2D eigenvalue weighted by Gasteiger charge is -2.09. The predicted molar refractivity (Wildman–Crippen MR) is 68.3 cm³/mol. The summed E-state index contributed by atoms with van der Waals surface area (Å²) in [4.78, 5) is 0. The summed E-state index contributed by atoms with van der Waals surface area (Å²) in [7, 11) is 1.45. The van der Waals surface area contributed by atoms with Crippen LogP contribution in [0, 0.1) is 19.7 Å². The second-order valence-electron chi connectivity index (χ2n) is 4.12. The number of aromatic amines is 1. The van der Waals surface area contributed by atoms with Gasteiger partial charge in [0, 0.05) is 29.6 Å². The quantitative estimate of drug-likeness (QED) is 0.876. The number of ether oxygens (including phenoxy) is 1. The molecule has 0 saturated carbocycles. The highest BCUT2D eigenvalue weighted by molar-refractivity contribution is 5.49. The largest absolute Gasteiger partial charge is 0.494 e. The third-order valence-electron chi connectivity index (χ3n) is 2.90. The summed E-state index contributed by atoms with van der Waals surface area (Å²) in [5.41, 5.74) is 3.94. The molecule has 0 radical (unpaired) electrons. The van der Waals surface area contributed by atoms with Gasteiger partial charge in [0.15, 0.2) is 11.6 Å². The number of benzene rings is 1. The number of methoxy groups -OCH3 is 1. The van der Waals surface area contributed by atoms with Crippen molar-refractivity contribution in [3.8, 4) is 5.75 Å². The van der Waals surface area contributed by atoms with E-state index in [-0.39, 0.29) is 11.6 Å². The van der Waals surface area contributed by atoms with Crippen molar-refractivity contribution in [2.45, 2.75) is 20.4 Å². The van der Waals surface area contributed by atoms with Crippen LogP contribution in [0.4, 0.5) is 10.1 Å². The fraction of sp³-hybridized carbons (Fsp3) is 0.308. The van der Waals surface area contributed by atoms with Gasteiger partial charge in [0.1, 0.15) is 0 Å². The van der Waals surface area contributed by atoms with Crippen LogP contribution < -0.4 is 10.1 Å². The maximum atomic E-state index is 13.2. The van der Waals surface area contributed by atoms with Crippen LogP contribution in [0.2, 0.25) is 0 Å². The Labute approximate surface area is 105 Å². The monoisotopic (exact) mass is 249 g/mol. The topological polar surface area (TPSA) is 49.9 Å². The number of aryl methyl sites for hydroxylation is 2. The van der Waals surface area contributed by atoms with E-state index in [0.717, 1.165) is 22.6 Å². The number of nitrogens with one attached hydrogen (secondary N) is 2. The fourth-order valence-corrected chi connectivity index (χ4v) is 1.79. The van der Waals surface area contributed by atoms with Crippen molar-refractivity contribution < 1.29 is 9.13 Å². The van der Waals surface area contributed by atoms with Gasteiger partial charge in [-0.15, -0.1) is 0 Å². The smallest absolute Gasteiger partial charge is 0.165 e. The van der Waals surface area contributed by atoms with E-state index in [1.807, 2.05) is 13.8 Å². The summed E-state index contributed by atoms with van der Waals surface area (Å²) in [6, 6.07) is 4.71. The molecule has 2 aromatic rings. The van der Waals surface area contributed by atoms with Crippen molar-refractivity contribution in [3.63, 3.8) is 0 Å². The van der Waals surface area contributed by atoms with Crippen LogP contribution >= 0.6 is 0 Å². The maximum absolute atomic E-state index is 13.2. The standard InChI is InChI=1S/C13H16FN3O/c1-8-11(9(2)17-16-8)7-15-10-4-5-12(14)13(6-10)18-3/h4-6,15H,7H2,1-3H3,(H,16,17). The Morgan fingerprint density at radius 2 is 2.17 bits per heavy atom. The number of nitrogens with zero attached hydrogens (tertiary/aromatic N) is 1. The van der Waals surface area contributed by atoms with Crippen molar-refractivity contribution in [1.82, 2.24) is 10.2 Å². The molecule has 1 aromatic carbocycles. The summed E-state index contributed by atoms with van der Waals surface area (Å²) >= 11 is 0. The molecular formula is C13H16FN3O. The normalized spacial score (nSPS) is 10.4. The van der Waals surface area contributed by atoms with Crippen LogP contribution in [0.5, 0.6) is 5.75 Å². The van der Waals surface area contributed by atoms with Crippen molar-refractivity contribution in [3.05, 3.63) is 41.0 Å². The van der Waals surface area contributed by atoms with Gasteiger partial charge in [0.2, 0.25) is 0 Å². The zero-order valence-electron chi connectivity index (χ0n) is 10.7. The lowest BCUT2D eigenvalue weighted by Crippen LogP contribution is -2.02. The Bertz CT molecular complexity index is 532. The van der Waals surface area contributed by atoms with Gasteiger partial charge in [-0.1, -0.05) is 0 Å². The van der Waals surface area contributed by atoms with E-state index >= 15 is 0 Å². The highest BCUT2D eigenvalue weighted by Crippen LogP contribution is 2.22. The number of anilines is 1. The molecule has 0 fully saturated rings. The molecule has 0 aliphatic carbocycles. The van der Waals surface area contributed by atoms with Gasteiger partial charge in [-0.2, -0.15) is 5.10 Å². The molecule has 0 aliphatic rings. The minimum absolute atomic E-state index is 0.237. The molecule has 18 heavy (non-hydrogen) atoms. The zero-order chi connectivity index (χ0) is 13.1. The third-order valence-corrected chi connectivity index (χ3v) is 2.90. The van der Waals surface area contributed by atoms with Gasteiger partial charge in [0.05, 0.1) is 12.8 Å². The first-order chi connectivity index (χ1) is 8.61. The van der Waals surface area contributed by atoms with Gasteiger partial charge < -0.3 is 10.1 Å². The molecule has 2 rings (SSSR count). The Hall–Kier alpha value is -2.04. The predicted octanol–water partition coefficient (Wildman–Crippen LogP) is 2.79. The average Bonchev–Trinajstić information content (AvgIpc) is 2.68. The van der Waals surface area contributed by atoms with Crippen molar-refractivity contribution in [1.29, 1.82) is 0 Å². The molecule has 1 heterocycles. The Kier molecular flexibility index (Phi) is 3.50. The van der Waals surface area contributed by atoms with Gasteiger partial charge >= 0.3 is 0 Å². The minimum Gasteiger partial charge on any atom is -0.494 e. The van der Waals surface area contributed by atoms with E-state index in [1.165, 1.54) is 13.2 Å². The molecule has 0 atom stereocenters. The highest BCUT2D eigenvalue weighted by Gasteiger charge is 2.07. The molecule has 0 spiro atoms. The number of H-pyrrole nitrogens is 1. The second kappa shape index (κ2) is 5.08. The lowest BCUT2D eigenvalue weighted by atomic mass is 10.2. The molecule has 5 heteroatoms. The van der Waals surface area contributed by atoms with E-state index in [1.54, 1.807) is 12.1 Å². The molecule has 0 saturated heterocycles. The van der Waals surface area contributed by atoms with Crippen molar-refractivity contribution in [2.75, 3.05) is 12.4 Å². The SMILES string of the molecule is COc1cc(NCc2c(C)n[nH]c2C)ccc1F. The van der Waals surface area contributed by atoms with Gasteiger partial charge in [-0.3, -0.25) is 5.10 Å². The van der Waals surface area contributed by atoms with Crippen LogP contribution in [-0.2, 0) is 6.54 Å². The molecule has 0 aliphatic heterocycles. The Morgan fingerprint density at radius 3 is 2.78 bits per heavy atom. The maximum Gasteiger partial charge on any atom is 0.165 e. The Balaban J connectivity index is 2.11. The first-order valence-corrected chi connectivity index (χ1v) is 5.69. The zero-order valence-corrected chi connectivity index (χ0v) is 10.7. The number of hydrogen-bond acceptors (Lipinski definition) is 3. The highest BCUT2D eigenvalue weighted by atomic mass is 19.1. The number of hydrogen-bond donors (Lipinski definition) is 2. The van der Waals surface area contributed by atoms with Gasteiger partial charge in [-0.25, -0.2) is 4.39 Å². The van der Waals surface area contributed by atoms with Gasteiger partial charge in [0.25, 0.3) is 0 Å². The van der Waals surface area contributed by atoms with Crippen LogP contribution in [0.15, 0.2) is 18.2 Å². The summed E-state index contributed by atoms with van der Waals surface area (Å²) in [5, 5.41) is 10.3. The van der Waals surface area contributed by atoms with E-state index in [9.17, 15) is 4.39 Å². The van der Waals surface area contributed by atoms with E-state index < -0.39 is 0 Å². The summed E-state index contributed by atoms with van der Waals surface area (Å²) < 4.78 is 18.2. The molecular weight excluding hydrogens is 233 g/mol. The summed E-state index contributed by atoms with van der Waals surface area (Å²) in [6.45, 7) is 4.57. The molecule has 96 valence electrons.